The zero-order chi connectivity index (χ0) is 8.10. The summed E-state index contributed by atoms with van der Waals surface area (Å²) in [4.78, 5) is 10.8. The molecule has 0 bridgehead atoms. The predicted octanol–water partition coefficient (Wildman–Crippen LogP) is -0.286. The van der Waals surface area contributed by atoms with Crippen molar-refractivity contribution in [3.63, 3.8) is 0 Å². The molecule has 6 nitrogen and oxygen atoms in total. The van der Waals surface area contributed by atoms with Crippen molar-refractivity contribution in [1.82, 2.24) is 20.6 Å². The monoisotopic (exact) mass is 153 g/mol. The number of carbonyl (C=O) groups excluding carboxylic acids is 1. The van der Waals surface area contributed by atoms with Crippen molar-refractivity contribution >= 4 is 11.9 Å². The van der Waals surface area contributed by atoms with Gasteiger partial charge in [0.15, 0.2) is 0 Å². The second-order valence-corrected chi connectivity index (χ2v) is 1.78. The van der Waals surface area contributed by atoms with Crippen LogP contribution in [0.3, 0.4) is 0 Å². The van der Waals surface area contributed by atoms with E-state index in [2.05, 4.69) is 32.5 Å². The van der Waals surface area contributed by atoms with Crippen LogP contribution in [0.1, 0.15) is 6.42 Å². The van der Waals surface area contributed by atoms with Crippen LogP contribution in [0, 0.1) is 0 Å². The van der Waals surface area contributed by atoms with Gasteiger partial charge in [0.05, 0.1) is 0 Å². The molecule has 1 heterocycles. The molecule has 0 atom stereocenters. The molecule has 1 rings (SSSR count). The van der Waals surface area contributed by atoms with Gasteiger partial charge in [-0.3, -0.25) is 10.1 Å². The smallest absolute Gasteiger partial charge is 0.269 e. The maximum atomic E-state index is 10.8. The SMILES string of the molecule is C=CCC(=O)Nc1nn[nH]n1. The summed E-state index contributed by atoms with van der Waals surface area (Å²) in [6.07, 6.45) is 1.74. The molecule has 1 aromatic rings. The molecule has 0 aliphatic carbocycles. The van der Waals surface area contributed by atoms with Crippen molar-refractivity contribution in [2.45, 2.75) is 6.42 Å². The van der Waals surface area contributed by atoms with Crippen molar-refractivity contribution in [3.8, 4) is 0 Å². The van der Waals surface area contributed by atoms with Crippen molar-refractivity contribution < 1.29 is 4.79 Å². The van der Waals surface area contributed by atoms with Crippen LogP contribution >= 0.6 is 0 Å². The van der Waals surface area contributed by atoms with E-state index in [1.54, 1.807) is 0 Å². The number of amides is 1. The van der Waals surface area contributed by atoms with E-state index in [9.17, 15) is 4.79 Å². The molecule has 2 N–H and O–H groups in total. The summed E-state index contributed by atoms with van der Waals surface area (Å²) < 4.78 is 0. The predicted molar refractivity (Wildman–Crippen MR) is 37.6 cm³/mol. The minimum atomic E-state index is -0.207. The Bertz CT molecular complexity index is 241. The molecule has 0 unspecified atom stereocenters. The second kappa shape index (κ2) is 3.45. The van der Waals surface area contributed by atoms with Gasteiger partial charge in [-0.25, -0.2) is 0 Å². The number of H-pyrrole nitrogens is 1. The fraction of sp³-hybridized carbons (Fsp3) is 0.200. The Labute approximate surface area is 62.7 Å². The van der Waals surface area contributed by atoms with Crippen molar-refractivity contribution in [1.29, 1.82) is 0 Å². The van der Waals surface area contributed by atoms with E-state index in [0.29, 0.717) is 0 Å². The summed E-state index contributed by atoms with van der Waals surface area (Å²) in [6, 6.07) is 0. The highest BCUT2D eigenvalue weighted by atomic mass is 16.1. The normalized spacial score (nSPS) is 9.09. The van der Waals surface area contributed by atoms with E-state index in [4.69, 9.17) is 0 Å². The molecule has 0 aliphatic heterocycles. The van der Waals surface area contributed by atoms with Crippen LogP contribution in [-0.4, -0.2) is 26.5 Å². The summed E-state index contributed by atoms with van der Waals surface area (Å²) in [5, 5.41) is 14.9. The number of hydrogen-bond acceptors (Lipinski definition) is 4. The first-order valence-electron chi connectivity index (χ1n) is 2.97. The lowest BCUT2D eigenvalue weighted by molar-refractivity contribution is -0.115. The molecule has 0 aliphatic rings. The molecule has 0 saturated heterocycles. The highest BCUT2D eigenvalue weighted by Crippen LogP contribution is 1.91. The van der Waals surface area contributed by atoms with Gasteiger partial charge in [-0.15, -0.1) is 11.7 Å². The van der Waals surface area contributed by atoms with E-state index in [0.717, 1.165) is 0 Å². The van der Waals surface area contributed by atoms with Gasteiger partial charge in [0.1, 0.15) is 0 Å². The first-order chi connectivity index (χ1) is 5.33. The van der Waals surface area contributed by atoms with E-state index in [1.807, 2.05) is 0 Å². The quantitative estimate of drug-likeness (QED) is 0.584. The molecule has 0 radical (unpaired) electrons. The maximum Gasteiger partial charge on any atom is 0.269 e. The number of aromatic amines is 1. The van der Waals surface area contributed by atoms with E-state index >= 15 is 0 Å². The molecule has 1 aromatic heterocycles. The average Bonchev–Trinajstić information content (AvgIpc) is 2.40. The summed E-state index contributed by atoms with van der Waals surface area (Å²) in [5.41, 5.74) is 0. The Morgan fingerprint density at radius 1 is 1.82 bits per heavy atom. The standard InChI is InChI=1S/C5H7N5O/c1-2-3-4(11)6-5-7-9-10-8-5/h2H,1,3H2,(H2,6,7,8,9,10,11). The molecule has 11 heavy (non-hydrogen) atoms. The number of anilines is 1. The lowest BCUT2D eigenvalue weighted by atomic mass is 10.4. The number of aromatic nitrogens is 4. The lowest BCUT2D eigenvalue weighted by Gasteiger charge is -1.93. The average molecular weight is 153 g/mol. The molecule has 58 valence electrons. The third-order valence-electron chi connectivity index (χ3n) is 0.926. The third-order valence-corrected chi connectivity index (χ3v) is 0.926. The number of rotatable bonds is 3. The van der Waals surface area contributed by atoms with Crippen LogP contribution in [0.25, 0.3) is 0 Å². The van der Waals surface area contributed by atoms with E-state index < -0.39 is 0 Å². The molecular weight excluding hydrogens is 146 g/mol. The zero-order valence-corrected chi connectivity index (χ0v) is 5.74. The Hall–Kier alpha value is -1.72. The molecule has 0 saturated carbocycles. The second-order valence-electron chi connectivity index (χ2n) is 1.78. The van der Waals surface area contributed by atoms with Crippen LogP contribution in [0.2, 0.25) is 0 Å². The molecule has 6 heteroatoms. The van der Waals surface area contributed by atoms with Crippen molar-refractivity contribution in [3.05, 3.63) is 12.7 Å². The highest BCUT2D eigenvalue weighted by Gasteiger charge is 2.01. The van der Waals surface area contributed by atoms with Gasteiger partial charge in [0, 0.05) is 6.42 Å². The summed E-state index contributed by atoms with van der Waals surface area (Å²) in [5.74, 6) is -0.0294. The van der Waals surface area contributed by atoms with Crippen molar-refractivity contribution in [2.75, 3.05) is 5.32 Å². The molecule has 0 fully saturated rings. The fourth-order valence-corrected chi connectivity index (χ4v) is 0.522. The number of nitrogens with one attached hydrogen (secondary N) is 2. The highest BCUT2D eigenvalue weighted by molar-refractivity contribution is 5.89. The van der Waals surface area contributed by atoms with Crippen LogP contribution in [-0.2, 0) is 4.79 Å². The number of hydrogen-bond donors (Lipinski definition) is 2. The first kappa shape index (κ1) is 7.39. The van der Waals surface area contributed by atoms with Crippen LogP contribution in [0.5, 0.6) is 0 Å². The molecule has 0 spiro atoms. The van der Waals surface area contributed by atoms with Gasteiger partial charge in [0.25, 0.3) is 5.95 Å². The van der Waals surface area contributed by atoms with E-state index in [1.165, 1.54) is 6.08 Å². The van der Waals surface area contributed by atoms with Gasteiger partial charge in [-0.1, -0.05) is 11.2 Å². The fourth-order valence-electron chi connectivity index (χ4n) is 0.522. The van der Waals surface area contributed by atoms with Crippen LogP contribution < -0.4 is 5.32 Å². The Morgan fingerprint density at radius 3 is 3.18 bits per heavy atom. The van der Waals surface area contributed by atoms with Gasteiger partial charge < -0.3 is 0 Å². The largest absolute Gasteiger partial charge is 0.292 e. The molecule has 0 aromatic carbocycles. The number of nitrogens with zero attached hydrogens (tertiary/aromatic N) is 3. The third kappa shape index (κ3) is 2.17. The minimum absolute atomic E-state index is 0.178. The minimum Gasteiger partial charge on any atom is -0.292 e. The zero-order valence-electron chi connectivity index (χ0n) is 5.74. The van der Waals surface area contributed by atoms with Crippen molar-refractivity contribution in [2.24, 2.45) is 0 Å². The Kier molecular flexibility index (Phi) is 2.32. The number of carbonyl (C=O) groups is 1. The summed E-state index contributed by atoms with van der Waals surface area (Å²) in [6.45, 7) is 3.40. The Balaban J connectivity index is 2.43. The molecular formula is C5H7N5O. The van der Waals surface area contributed by atoms with Gasteiger partial charge in [-0.05, 0) is 5.21 Å². The Morgan fingerprint density at radius 2 is 2.64 bits per heavy atom. The maximum absolute atomic E-state index is 10.8. The lowest BCUT2D eigenvalue weighted by Crippen LogP contribution is -2.10. The topological polar surface area (TPSA) is 83.6 Å². The van der Waals surface area contributed by atoms with Gasteiger partial charge in [-0.2, -0.15) is 5.21 Å². The van der Waals surface area contributed by atoms with Gasteiger partial charge in [0.2, 0.25) is 5.91 Å². The summed E-state index contributed by atoms with van der Waals surface area (Å²) >= 11 is 0. The number of tetrazole rings is 1. The van der Waals surface area contributed by atoms with Crippen LogP contribution in [0.15, 0.2) is 12.7 Å². The van der Waals surface area contributed by atoms with Crippen LogP contribution in [0.4, 0.5) is 5.95 Å². The summed E-state index contributed by atoms with van der Waals surface area (Å²) in [7, 11) is 0. The van der Waals surface area contributed by atoms with E-state index in [-0.39, 0.29) is 18.3 Å². The first-order valence-corrected chi connectivity index (χ1v) is 2.97. The van der Waals surface area contributed by atoms with Gasteiger partial charge >= 0.3 is 0 Å². The molecule has 1 amide bonds.